The summed E-state index contributed by atoms with van der Waals surface area (Å²) in [7, 11) is 0. The van der Waals surface area contributed by atoms with Crippen molar-refractivity contribution < 1.29 is 19.1 Å². The third-order valence-corrected chi connectivity index (χ3v) is 4.64. The molecule has 22 heavy (non-hydrogen) atoms. The predicted octanol–water partition coefficient (Wildman–Crippen LogP) is 3.10. The second-order valence-corrected chi connectivity index (χ2v) is 6.26. The van der Waals surface area contributed by atoms with Gasteiger partial charge in [0.25, 0.3) is 0 Å². The van der Waals surface area contributed by atoms with Gasteiger partial charge in [-0.3, -0.25) is 4.79 Å². The molecule has 0 saturated heterocycles. The van der Waals surface area contributed by atoms with E-state index in [9.17, 15) is 9.59 Å². The molecule has 0 aromatic rings. The predicted molar refractivity (Wildman–Crippen MR) is 86.2 cm³/mol. The van der Waals surface area contributed by atoms with E-state index in [4.69, 9.17) is 9.47 Å². The van der Waals surface area contributed by atoms with Crippen molar-refractivity contribution in [1.82, 2.24) is 4.90 Å². The Morgan fingerprint density at radius 3 is 2.86 bits per heavy atom. The first kappa shape index (κ1) is 16.7. The minimum atomic E-state index is -0.361. The van der Waals surface area contributed by atoms with Crippen molar-refractivity contribution in [1.29, 1.82) is 0 Å². The van der Waals surface area contributed by atoms with Crippen LogP contribution in [0.5, 0.6) is 0 Å². The standard InChI is InChI=1S/C16H21NO4S/c1-4-20-15(18)13-9-14(22-10-13)12-5-7-17(8-6-12)16(19)21-11(2)3/h5,9,13H,2,4,6-8,10H2,1,3H3. The molecule has 2 aliphatic rings. The Labute approximate surface area is 135 Å². The van der Waals surface area contributed by atoms with E-state index in [0.717, 1.165) is 17.1 Å². The van der Waals surface area contributed by atoms with Crippen LogP contribution in [0.15, 0.2) is 35.0 Å². The molecule has 6 heteroatoms. The zero-order valence-corrected chi connectivity index (χ0v) is 13.8. The molecule has 0 bridgehead atoms. The van der Waals surface area contributed by atoms with E-state index in [1.807, 2.05) is 19.1 Å². The molecule has 120 valence electrons. The average Bonchev–Trinajstić information content (AvgIpc) is 2.97. The van der Waals surface area contributed by atoms with Gasteiger partial charge in [0.15, 0.2) is 0 Å². The number of hydrogen-bond acceptors (Lipinski definition) is 5. The Morgan fingerprint density at radius 1 is 1.50 bits per heavy atom. The number of ether oxygens (including phenoxy) is 2. The molecule has 2 aliphatic heterocycles. The molecule has 0 fully saturated rings. The third-order valence-electron chi connectivity index (χ3n) is 3.41. The van der Waals surface area contributed by atoms with Crippen molar-refractivity contribution in [3.63, 3.8) is 0 Å². The number of esters is 1. The van der Waals surface area contributed by atoms with Crippen LogP contribution in [0.4, 0.5) is 4.79 Å². The summed E-state index contributed by atoms with van der Waals surface area (Å²) in [5.74, 6) is 0.804. The Hall–Kier alpha value is -1.69. The molecule has 0 aliphatic carbocycles. The summed E-state index contributed by atoms with van der Waals surface area (Å²) in [6.07, 6.45) is 4.41. The van der Waals surface area contributed by atoms with Gasteiger partial charge >= 0.3 is 12.1 Å². The fourth-order valence-electron chi connectivity index (χ4n) is 2.32. The van der Waals surface area contributed by atoms with E-state index in [-0.39, 0.29) is 18.0 Å². The molecule has 2 heterocycles. The molecule has 0 N–H and O–H groups in total. The molecular formula is C16H21NO4S. The molecule has 0 spiro atoms. The monoisotopic (exact) mass is 323 g/mol. The van der Waals surface area contributed by atoms with E-state index >= 15 is 0 Å². The normalized spacial score (nSPS) is 21.0. The summed E-state index contributed by atoms with van der Waals surface area (Å²) in [6, 6.07) is 0. The highest BCUT2D eigenvalue weighted by atomic mass is 32.2. The minimum Gasteiger partial charge on any atom is -0.466 e. The maximum absolute atomic E-state index is 11.8. The van der Waals surface area contributed by atoms with Gasteiger partial charge in [-0.1, -0.05) is 18.7 Å². The number of amides is 1. The Balaban J connectivity index is 1.94. The summed E-state index contributed by atoms with van der Waals surface area (Å²) in [4.78, 5) is 26.3. The first-order valence-electron chi connectivity index (χ1n) is 7.34. The maximum atomic E-state index is 11.8. The third kappa shape index (κ3) is 4.16. The molecule has 2 rings (SSSR count). The number of hydrogen-bond donors (Lipinski definition) is 0. The average molecular weight is 323 g/mol. The fourth-order valence-corrected chi connectivity index (χ4v) is 3.54. The van der Waals surface area contributed by atoms with Crippen LogP contribution in [0.1, 0.15) is 20.3 Å². The molecule has 0 saturated carbocycles. The van der Waals surface area contributed by atoms with Crippen LogP contribution in [-0.4, -0.2) is 42.4 Å². The van der Waals surface area contributed by atoms with Crippen LogP contribution in [0.25, 0.3) is 0 Å². The molecule has 1 amide bonds. The van der Waals surface area contributed by atoms with Gasteiger partial charge in [-0.15, -0.1) is 11.8 Å². The number of thioether (sulfide) groups is 1. The van der Waals surface area contributed by atoms with Gasteiger partial charge in [0, 0.05) is 23.7 Å². The number of nitrogens with zero attached hydrogens (tertiary/aromatic N) is 1. The van der Waals surface area contributed by atoms with E-state index in [0.29, 0.717) is 25.5 Å². The molecule has 5 nitrogen and oxygen atoms in total. The Bertz CT molecular complexity index is 538. The van der Waals surface area contributed by atoms with Crippen LogP contribution < -0.4 is 0 Å². The van der Waals surface area contributed by atoms with Crippen molar-refractivity contribution in [2.45, 2.75) is 20.3 Å². The summed E-state index contributed by atoms with van der Waals surface area (Å²) in [5.41, 5.74) is 1.19. The first-order valence-corrected chi connectivity index (χ1v) is 8.32. The van der Waals surface area contributed by atoms with E-state index in [1.165, 1.54) is 5.57 Å². The highest BCUT2D eigenvalue weighted by Crippen LogP contribution is 2.37. The Kier molecular flexibility index (Phi) is 5.71. The van der Waals surface area contributed by atoms with Crippen LogP contribution in [-0.2, 0) is 14.3 Å². The molecule has 0 aromatic carbocycles. The molecule has 1 atom stereocenters. The fraction of sp³-hybridized carbons (Fsp3) is 0.500. The highest BCUT2D eigenvalue weighted by Gasteiger charge is 2.27. The van der Waals surface area contributed by atoms with Crippen molar-refractivity contribution in [3.05, 3.63) is 35.0 Å². The van der Waals surface area contributed by atoms with Crippen molar-refractivity contribution >= 4 is 23.8 Å². The second kappa shape index (κ2) is 7.54. The maximum Gasteiger partial charge on any atom is 0.415 e. The molecule has 0 aromatic heterocycles. The van der Waals surface area contributed by atoms with Crippen LogP contribution in [0.3, 0.4) is 0 Å². The van der Waals surface area contributed by atoms with Crippen LogP contribution in [0.2, 0.25) is 0 Å². The lowest BCUT2D eigenvalue weighted by Crippen LogP contribution is -2.35. The quantitative estimate of drug-likeness (QED) is 0.588. The van der Waals surface area contributed by atoms with Crippen molar-refractivity contribution in [2.75, 3.05) is 25.4 Å². The van der Waals surface area contributed by atoms with Gasteiger partial charge in [0.2, 0.25) is 0 Å². The van der Waals surface area contributed by atoms with Crippen LogP contribution >= 0.6 is 11.8 Å². The van der Waals surface area contributed by atoms with Gasteiger partial charge in [-0.05, 0) is 25.8 Å². The van der Waals surface area contributed by atoms with E-state index in [2.05, 4.69) is 6.58 Å². The first-order chi connectivity index (χ1) is 10.5. The smallest absolute Gasteiger partial charge is 0.415 e. The van der Waals surface area contributed by atoms with Gasteiger partial charge in [0.1, 0.15) is 0 Å². The topological polar surface area (TPSA) is 55.8 Å². The summed E-state index contributed by atoms with van der Waals surface area (Å²) >= 11 is 1.67. The number of carbonyl (C=O) groups excluding carboxylic acids is 2. The van der Waals surface area contributed by atoms with Gasteiger partial charge < -0.3 is 14.4 Å². The van der Waals surface area contributed by atoms with Crippen LogP contribution in [0, 0.1) is 5.92 Å². The second-order valence-electron chi connectivity index (χ2n) is 5.20. The summed E-state index contributed by atoms with van der Waals surface area (Å²) < 4.78 is 10.1. The lowest BCUT2D eigenvalue weighted by Gasteiger charge is -2.26. The zero-order valence-electron chi connectivity index (χ0n) is 13.0. The van der Waals surface area contributed by atoms with Crippen molar-refractivity contribution in [2.24, 2.45) is 5.92 Å². The van der Waals surface area contributed by atoms with Gasteiger partial charge in [-0.2, -0.15) is 0 Å². The lowest BCUT2D eigenvalue weighted by atomic mass is 10.0. The number of allylic oxidation sites excluding steroid dienone is 2. The number of rotatable bonds is 4. The highest BCUT2D eigenvalue weighted by molar-refractivity contribution is 8.03. The molecule has 1 unspecified atom stereocenters. The number of carbonyl (C=O) groups is 2. The zero-order chi connectivity index (χ0) is 16.1. The minimum absolute atomic E-state index is 0.159. The summed E-state index contributed by atoms with van der Waals surface area (Å²) in [5, 5.41) is 0. The summed E-state index contributed by atoms with van der Waals surface area (Å²) in [6.45, 7) is 8.57. The van der Waals surface area contributed by atoms with Crippen molar-refractivity contribution in [3.8, 4) is 0 Å². The van der Waals surface area contributed by atoms with Gasteiger partial charge in [0.05, 0.1) is 18.3 Å². The van der Waals surface area contributed by atoms with E-state index < -0.39 is 0 Å². The van der Waals surface area contributed by atoms with Gasteiger partial charge in [-0.25, -0.2) is 4.79 Å². The molecular weight excluding hydrogens is 302 g/mol. The Morgan fingerprint density at radius 2 is 2.27 bits per heavy atom. The lowest BCUT2D eigenvalue weighted by molar-refractivity contribution is -0.145. The molecule has 0 radical (unpaired) electrons. The SMILES string of the molecule is C=C(C)OC(=O)N1CC=C(C2=CC(C(=O)OCC)CS2)CC1. The largest absolute Gasteiger partial charge is 0.466 e. The van der Waals surface area contributed by atoms with E-state index in [1.54, 1.807) is 23.6 Å².